The van der Waals surface area contributed by atoms with Gasteiger partial charge in [0.1, 0.15) is 5.54 Å². The van der Waals surface area contributed by atoms with E-state index >= 15 is 0 Å². The molecule has 1 fully saturated rings. The Morgan fingerprint density at radius 3 is 2.42 bits per heavy atom. The van der Waals surface area contributed by atoms with Crippen molar-refractivity contribution in [1.29, 1.82) is 0 Å². The van der Waals surface area contributed by atoms with Gasteiger partial charge in [0.2, 0.25) is 5.91 Å². The third kappa shape index (κ3) is 3.16. The quantitative estimate of drug-likeness (QED) is 0.884. The lowest BCUT2D eigenvalue weighted by atomic mass is 9.91. The van der Waals surface area contributed by atoms with Gasteiger partial charge in [-0.25, -0.2) is 0 Å². The molecule has 1 aliphatic rings. The minimum absolute atomic E-state index is 0.0283. The van der Waals surface area contributed by atoms with E-state index in [1.165, 1.54) is 12.8 Å². The summed E-state index contributed by atoms with van der Waals surface area (Å²) in [7, 11) is 0. The molecule has 1 amide bonds. The highest BCUT2D eigenvalue weighted by Gasteiger charge is 2.37. The zero-order valence-electron chi connectivity index (χ0n) is 12.1. The van der Waals surface area contributed by atoms with Gasteiger partial charge in [-0.15, -0.1) is 0 Å². The van der Waals surface area contributed by atoms with E-state index < -0.39 is 5.54 Å². The van der Waals surface area contributed by atoms with Crippen molar-refractivity contribution in [3.05, 3.63) is 35.9 Å². The predicted octanol–water partition coefficient (Wildman–Crippen LogP) is 2.51. The lowest BCUT2D eigenvalue weighted by Crippen LogP contribution is -2.53. The summed E-state index contributed by atoms with van der Waals surface area (Å²) in [6, 6.07) is 9.83. The molecular weight excluding hydrogens is 236 g/mol. The molecule has 19 heavy (non-hydrogen) atoms. The van der Waals surface area contributed by atoms with Crippen molar-refractivity contribution >= 4 is 5.91 Å². The van der Waals surface area contributed by atoms with Crippen LogP contribution in [0, 0.1) is 5.92 Å². The molecule has 0 heterocycles. The van der Waals surface area contributed by atoms with Crippen LogP contribution in [0.5, 0.6) is 0 Å². The van der Waals surface area contributed by atoms with Crippen LogP contribution < -0.4 is 5.73 Å². The van der Waals surface area contributed by atoms with Crippen LogP contribution in [0.15, 0.2) is 30.3 Å². The first kappa shape index (κ1) is 14.1. The van der Waals surface area contributed by atoms with E-state index in [0.29, 0.717) is 5.92 Å². The van der Waals surface area contributed by atoms with Gasteiger partial charge in [0.15, 0.2) is 0 Å². The lowest BCUT2D eigenvalue weighted by Gasteiger charge is -2.35. The lowest BCUT2D eigenvalue weighted by molar-refractivity contribution is -0.138. The van der Waals surface area contributed by atoms with Crippen LogP contribution in [0.25, 0.3) is 0 Å². The minimum atomic E-state index is -0.944. The molecule has 1 saturated carbocycles. The molecule has 0 aromatic heterocycles. The topological polar surface area (TPSA) is 46.3 Å². The predicted molar refractivity (Wildman–Crippen MR) is 77.6 cm³/mol. The van der Waals surface area contributed by atoms with E-state index in [4.69, 9.17) is 5.73 Å². The Hall–Kier alpha value is -1.35. The molecule has 1 aliphatic carbocycles. The summed E-state index contributed by atoms with van der Waals surface area (Å²) in [6.45, 7) is 6.77. The van der Waals surface area contributed by atoms with Crippen LogP contribution in [0.4, 0.5) is 0 Å². The Morgan fingerprint density at radius 2 is 1.95 bits per heavy atom. The largest absolute Gasteiger partial charge is 0.338 e. The van der Waals surface area contributed by atoms with Crippen LogP contribution in [-0.2, 0) is 10.3 Å². The zero-order chi connectivity index (χ0) is 14.0. The van der Waals surface area contributed by atoms with Crippen molar-refractivity contribution in [2.75, 3.05) is 6.54 Å². The first-order chi connectivity index (χ1) is 8.93. The Balaban J connectivity index is 2.19. The summed E-state index contributed by atoms with van der Waals surface area (Å²) < 4.78 is 0. The summed E-state index contributed by atoms with van der Waals surface area (Å²) in [6.07, 6.45) is 2.48. The molecule has 0 bridgehead atoms. The van der Waals surface area contributed by atoms with Crippen molar-refractivity contribution in [3.8, 4) is 0 Å². The van der Waals surface area contributed by atoms with Gasteiger partial charge in [-0.3, -0.25) is 4.79 Å². The molecule has 1 unspecified atom stereocenters. The minimum Gasteiger partial charge on any atom is -0.338 e. The van der Waals surface area contributed by atoms with E-state index in [9.17, 15) is 4.79 Å². The van der Waals surface area contributed by atoms with Gasteiger partial charge in [-0.1, -0.05) is 30.3 Å². The van der Waals surface area contributed by atoms with Gasteiger partial charge in [0.05, 0.1) is 0 Å². The molecule has 0 spiro atoms. The van der Waals surface area contributed by atoms with Crippen LogP contribution in [0.3, 0.4) is 0 Å². The van der Waals surface area contributed by atoms with Crippen molar-refractivity contribution in [2.24, 2.45) is 11.7 Å². The number of amides is 1. The van der Waals surface area contributed by atoms with Crippen molar-refractivity contribution in [3.63, 3.8) is 0 Å². The van der Waals surface area contributed by atoms with Gasteiger partial charge in [0.25, 0.3) is 0 Å². The Morgan fingerprint density at radius 1 is 1.37 bits per heavy atom. The van der Waals surface area contributed by atoms with Crippen molar-refractivity contribution in [2.45, 2.75) is 45.2 Å². The van der Waals surface area contributed by atoms with Crippen LogP contribution >= 0.6 is 0 Å². The molecule has 1 atom stereocenters. The van der Waals surface area contributed by atoms with Crippen LogP contribution in [0.2, 0.25) is 0 Å². The average molecular weight is 260 g/mol. The van der Waals surface area contributed by atoms with Gasteiger partial charge in [-0.2, -0.15) is 0 Å². The summed E-state index contributed by atoms with van der Waals surface area (Å²) in [5, 5.41) is 0. The average Bonchev–Trinajstić information content (AvgIpc) is 3.20. The monoisotopic (exact) mass is 260 g/mol. The summed E-state index contributed by atoms with van der Waals surface area (Å²) >= 11 is 0. The molecule has 3 nitrogen and oxygen atoms in total. The second kappa shape index (κ2) is 5.33. The molecule has 2 rings (SSSR count). The highest BCUT2D eigenvalue weighted by Crippen LogP contribution is 2.32. The number of rotatable bonds is 5. The van der Waals surface area contributed by atoms with Crippen LogP contribution in [0.1, 0.15) is 39.2 Å². The SMILES string of the molecule is CC(C)N(CC1CC1)C(=O)C(C)(N)c1ccccc1. The fourth-order valence-electron chi connectivity index (χ4n) is 2.31. The number of carbonyl (C=O) groups is 1. The number of carbonyl (C=O) groups excluding carboxylic acids is 1. The first-order valence-corrected chi connectivity index (χ1v) is 7.08. The second-order valence-electron chi connectivity index (χ2n) is 6.06. The first-order valence-electron chi connectivity index (χ1n) is 7.08. The summed E-state index contributed by atoms with van der Waals surface area (Å²) in [4.78, 5) is 14.7. The summed E-state index contributed by atoms with van der Waals surface area (Å²) in [5.74, 6) is 0.707. The fourth-order valence-corrected chi connectivity index (χ4v) is 2.31. The van der Waals surface area contributed by atoms with Crippen LogP contribution in [-0.4, -0.2) is 23.4 Å². The standard InChI is InChI=1S/C16H24N2O/c1-12(2)18(11-13-9-10-13)15(19)16(3,17)14-7-5-4-6-8-14/h4-8,12-13H,9-11,17H2,1-3H3. The van der Waals surface area contributed by atoms with Gasteiger partial charge in [0, 0.05) is 12.6 Å². The highest BCUT2D eigenvalue weighted by atomic mass is 16.2. The number of hydrogen-bond donors (Lipinski definition) is 1. The number of hydrogen-bond acceptors (Lipinski definition) is 2. The normalized spacial score (nSPS) is 18.2. The number of benzene rings is 1. The highest BCUT2D eigenvalue weighted by molar-refractivity contribution is 5.87. The Bertz CT molecular complexity index is 435. The molecule has 1 aromatic carbocycles. The van der Waals surface area contributed by atoms with Gasteiger partial charge in [-0.05, 0) is 45.1 Å². The Kier molecular flexibility index (Phi) is 3.95. The maximum Gasteiger partial charge on any atom is 0.247 e. The maximum absolute atomic E-state index is 12.8. The zero-order valence-corrected chi connectivity index (χ0v) is 12.1. The van der Waals surface area contributed by atoms with E-state index in [2.05, 4.69) is 13.8 Å². The number of nitrogens with two attached hydrogens (primary N) is 1. The van der Waals surface area contributed by atoms with Crippen molar-refractivity contribution in [1.82, 2.24) is 4.90 Å². The van der Waals surface area contributed by atoms with E-state index in [-0.39, 0.29) is 11.9 Å². The van der Waals surface area contributed by atoms with E-state index in [0.717, 1.165) is 12.1 Å². The van der Waals surface area contributed by atoms with Gasteiger partial charge >= 0.3 is 0 Å². The van der Waals surface area contributed by atoms with Crippen molar-refractivity contribution < 1.29 is 4.79 Å². The third-order valence-electron chi connectivity index (χ3n) is 3.85. The number of nitrogens with zero attached hydrogens (tertiary/aromatic N) is 1. The summed E-state index contributed by atoms with van der Waals surface area (Å²) in [5.41, 5.74) is 6.26. The maximum atomic E-state index is 12.8. The molecule has 0 aliphatic heterocycles. The molecule has 2 N–H and O–H groups in total. The molecule has 0 radical (unpaired) electrons. The van der Waals surface area contributed by atoms with E-state index in [1.54, 1.807) is 0 Å². The Labute approximate surface area is 115 Å². The van der Waals surface area contributed by atoms with E-state index in [1.807, 2.05) is 42.2 Å². The molecule has 3 heteroatoms. The molecular formula is C16H24N2O. The fraction of sp³-hybridized carbons (Fsp3) is 0.562. The second-order valence-corrected chi connectivity index (χ2v) is 6.06. The third-order valence-corrected chi connectivity index (χ3v) is 3.85. The van der Waals surface area contributed by atoms with Gasteiger partial charge < -0.3 is 10.6 Å². The molecule has 1 aromatic rings. The smallest absolute Gasteiger partial charge is 0.247 e. The molecule has 0 saturated heterocycles. The molecule has 104 valence electrons.